The molecule has 3 rings (SSSR count). The zero-order chi connectivity index (χ0) is 18.7. The van der Waals surface area contributed by atoms with Crippen LogP contribution < -0.4 is 4.74 Å². The van der Waals surface area contributed by atoms with E-state index in [1.807, 2.05) is 36.4 Å². The number of thioether (sulfide) groups is 1. The lowest BCUT2D eigenvalue weighted by atomic mass is 10.1. The summed E-state index contributed by atoms with van der Waals surface area (Å²) in [5.41, 5.74) is 2.28. The van der Waals surface area contributed by atoms with Gasteiger partial charge >= 0.3 is 5.97 Å². The smallest absolute Gasteiger partial charge is 0.316 e. The first-order valence-electron chi connectivity index (χ1n) is 7.78. The van der Waals surface area contributed by atoms with Gasteiger partial charge in [-0.3, -0.25) is 4.79 Å². The fraction of sp³-hybridized carbons (Fsp3) is 0.158. The molecule has 26 heavy (non-hydrogen) atoms. The fourth-order valence-electron chi connectivity index (χ4n) is 2.29. The highest BCUT2D eigenvalue weighted by molar-refractivity contribution is 8.00. The van der Waals surface area contributed by atoms with Crippen LogP contribution in [-0.4, -0.2) is 28.4 Å². The van der Waals surface area contributed by atoms with Gasteiger partial charge in [-0.1, -0.05) is 23.4 Å². The SMILES string of the molecule is COc1ccc(-c2nc(SC(C)C(=O)O)oc2-c2ccc(Cl)cc2)cc1. The van der Waals surface area contributed by atoms with Gasteiger partial charge in [-0.15, -0.1) is 0 Å². The predicted octanol–water partition coefficient (Wildman–Crippen LogP) is 5.24. The summed E-state index contributed by atoms with van der Waals surface area (Å²) in [7, 11) is 1.60. The zero-order valence-corrected chi connectivity index (χ0v) is 15.7. The van der Waals surface area contributed by atoms with Crippen LogP contribution in [0.2, 0.25) is 5.02 Å². The van der Waals surface area contributed by atoms with Gasteiger partial charge in [-0.2, -0.15) is 0 Å². The lowest BCUT2D eigenvalue weighted by Gasteiger charge is -2.03. The minimum Gasteiger partial charge on any atom is -0.497 e. The number of carbonyl (C=O) groups is 1. The number of oxazole rings is 1. The molecule has 0 spiro atoms. The van der Waals surface area contributed by atoms with Gasteiger partial charge in [0.2, 0.25) is 0 Å². The van der Waals surface area contributed by atoms with Crippen molar-refractivity contribution in [2.24, 2.45) is 0 Å². The molecule has 0 amide bonds. The summed E-state index contributed by atoms with van der Waals surface area (Å²) < 4.78 is 11.1. The number of ether oxygens (including phenoxy) is 1. The summed E-state index contributed by atoms with van der Waals surface area (Å²) in [6.07, 6.45) is 0. The molecule has 1 unspecified atom stereocenters. The van der Waals surface area contributed by atoms with Gasteiger partial charge in [0, 0.05) is 16.1 Å². The van der Waals surface area contributed by atoms with Gasteiger partial charge < -0.3 is 14.3 Å². The second-order valence-corrected chi connectivity index (χ2v) is 7.22. The summed E-state index contributed by atoms with van der Waals surface area (Å²) in [4.78, 5) is 15.6. The van der Waals surface area contributed by atoms with Gasteiger partial charge in [0.25, 0.3) is 5.22 Å². The maximum absolute atomic E-state index is 11.1. The van der Waals surface area contributed by atoms with Crippen molar-refractivity contribution in [3.63, 3.8) is 0 Å². The van der Waals surface area contributed by atoms with Crippen LogP contribution in [0.15, 0.2) is 58.2 Å². The molecule has 0 aliphatic carbocycles. The topological polar surface area (TPSA) is 72.6 Å². The van der Waals surface area contributed by atoms with Crippen LogP contribution in [0, 0.1) is 0 Å². The van der Waals surface area contributed by atoms with E-state index in [9.17, 15) is 4.79 Å². The minimum absolute atomic E-state index is 0.302. The third kappa shape index (κ3) is 4.03. The Morgan fingerprint density at radius 3 is 2.35 bits per heavy atom. The number of nitrogens with zero attached hydrogens (tertiary/aromatic N) is 1. The van der Waals surface area contributed by atoms with Crippen LogP contribution in [0.3, 0.4) is 0 Å². The minimum atomic E-state index is -0.924. The van der Waals surface area contributed by atoms with Crippen molar-refractivity contribution >= 4 is 29.3 Å². The highest BCUT2D eigenvalue weighted by Gasteiger charge is 2.21. The summed E-state index contributed by atoms with van der Waals surface area (Å²) in [5.74, 6) is 0.374. The van der Waals surface area contributed by atoms with Gasteiger partial charge in [-0.25, -0.2) is 4.98 Å². The van der Waals surface area contributed by atoms with Crippen molar-refractivity contribution < 1.29 is 19.1 Å². The lowest BCUT2D eigenvalue weighted by molar-refractivity contribution is -0.136. The molecule has 0 saturated heterocycles. The Bertz CT molecular complexity index is 906. The Labute approximate surface area is 160 Å². The summed E-state index contributed by atoms with van der Waals surface area (Å²) in [6, 6.07) is 14.6. The molecule has 0 aliphatic heterocycles. The number of hydrogen-bond acceptors (Lipinski definition) is 5. The molecule has 2 aromatic carbocycles. The monoisotopic (exact) mass is 389 g/mol. The Balaban J connectivity index is 2.05. The molecule has 3 aromatic rings. The number of aromatic nitrogens is 1. The van der Waals surface area contributed by atoms with Crippen molar-refractivity contribution in [1.82, 2.24) is 4.98 Å². The fourth-order valence-corrected chi connectivity index (χ4v) is 3.10. The average Bonchev–Trinajstić information content (AvgIpc) is 3.06. The first-order chi connectivity index (χ1) is 12.5. The lowest BCUT2D eigenvalue weighted by Crippen LogP contribution is -2.10. The molecule has 1 N–H and O–H groups in total. The van der Waals surface area contributed by atoms with Crippen molar-refractivity contribution in [1.29, 1.82) is 0 Å². The van der Waals surface area contributed by atoms with Crippen molar-refractivity contribution in [2.45, 2.75) is 17.4 Å². The molecule has 0 fully saturated rings. The number of carboxylic acid groups (broad SMARTS) is 1. The normalized spacial score (nSPS) is 12.0. The molecule has 0 saturated carbocycles. The highest BCUT2D eigenvalue weighted by atomic mass is 35.5. The van der Waals surface area contributed by atoms with Crippen LogP contribution in [0.25, 0.3) is 22.6 Å². The highest BCUT2D eigenvalue weighted by Crippen LogP contribution is 2.37. The summed E-state index contributed by atoms with van der Waals surface area (Å²) >= 11 is 7.03. The van der Waals surface area contributed by atoms with E-state index in [0.29, 0.717) is 21.7 Å². The molecule has 5 nitrogen and oxygen atoms in total. The van der Waals surface area contributed by atoms with Crippen molar-refractivity contribution in [3.8, 4) is 28.3 Å². The summed E-state index contributed by atoms with van der Waals surface area (Å²) in [6.45, 7) is 1.59. The standard InChI is InChI=1S/C19H16ClNO4S/c1-11(18(22)23)26-19-21-16(12-5-9-15(24-2)10-6-12)17(25-19)13-3-7-14(20)8-4-13/h3-11H,1-2H3,(H,22,23). The Kier molecular flexibility index (Phi) is 5.54. The number of methoxy groups -OCH3 is 1. The largest absolute Gasteiger partial charge is 0.497 e. The number of benzene rings is 2. The number of halogens is 1. The molecular formula is C19H16ClNO4S. The second kappa shape index (κ2) is 7.85. The van der Waals surface area contributed by atoms with E-state index in [0.717, 1.165) is 28.6 Å². The van der Waals surface area contributed by atoms with Crippen LogP contribution >= 0.6 is 23.4 Å². The van der Waals surface area contributed by atoms with Gasteiger partial charge in [-0.05, 0) is 55.5 Å². The van der Waals surface area contributed by atoms with E-state index in [2.05, 4.69) is 4.98 Å². The Hall–Kier alpha value is -2.44. The predicted molar refractivity (Wildman–Crippen MR) is 102 cm³/mol. The zero-order valence-electron chi connectivity index (χ0n) is 14.1. The van der Waals surface area contributed by atoms with Gasteiger partial charge in [0.15, 0.2) is 5.76 Å². The molecule has 0 radical (unpaired) electrons. The third-order valence-electron chi connectivity index (χ3n) is 3.70. The number of aliphatic carboxylic acids is 1. The second-order valence-electron chi connectivity index (χ2n) is 5.49. The number of rotatable bonds is 6. The molecule has 134 valence electrons. The molecule has 1 heterocycles. The first kappa shape index (κ1) is 18.4. The quantitative estimate of drug-likeness (QED) is 0.581. The maximum atomic E-state index is 11.1. The average molecular weight is 390 g/mol. The van der Waals surface area contributed by atoms with E-state index in [4.69, 9.17) is 25.9 Å². The molecule has 0 aliphatic rings. The van der Waals surface area contributed by atoms with Crippen LogP contribution in [0.1, 0.15) is 6.92 Å². The van der Waals surface area contributed by atoms with Crippen LogP contribution in [0.4, 0.5) is 0 Å². The van der Waals surface area contributed by atoms with E-state index in [1.54, 1.807) is 26.2 Å². The molecule has 1 atom stereocenters. The summed E-state index contributed by atoms with van der Waals surface area (Å²) in [5, 5.41) is 9.37. The molecular weight excluding hydrogens is 374 g/mol. The van der Waals surface area contributed by atoms with E-state index < -0.39 is 11.2 Å². The first-order valence-corrected chi connectivity index (χ1v) is 9.04. The third-order valence-corrected chi connectivity index (χ3v) is 4.89. The van der Waals surface area contributed by atoms with Gasteiger partial charge in [0.05, 0.1) is 7.11 Å². The molecule has 0 bridgehead atoms. The van der Waals surface area contributed by atoms with Crippen LogP contribution in [0.5, 0.6) is 5.75 Å². The maximum Gasteiger partial charge on any atom is 0.316 e. The van der Waals surface area contributed by atoms with E-state index in [-0.39, 0.29) is 0 Å². The van der Waals surface area contributed by atoms with Crippen molar-refractivity contribution in [2.75, 3.05) is 7.11 Å². The van der Waals surface area contributed by atoms with Crippen molar-refractivity contribution in [3.05, 3.63) is 53.6 Å². The Morgan fingerprint density at radius 1 is 1.15 bits per heavy atom. The van der Waals surface area contributed by atoms with E-state index >= 15 is 0 Å². The Morgan fingerprint density at radius 2 is 1.77 bits per heavy atom. The number of hydrogen-bond donors (Lipinski definition) is 1. The van der Waals surface area contributed by atoms with Gasteiger partial charge in [0.1, 0.15) is 16.7 Å². The van der Waals surface area contributed by atoms with Crippen LogP contribution in [-0.2, 0) is 4.79 Å². The number of carboxylic acids is 1. The molecule has 1 aromatic heterocycles. The van der Waals surface area contributed by atoms with E-state index in [1.165, 1.54) is 0 Å². The molecule has 7 heteroatoms.